The fraction of sp³-hybridized carbons (Fsp3) is 0.611. The molecule has 1 aliphatic rings. The van der Waals surface area contributed by atoms with E-state index in [1.807, 2.05) is 18.2 Å². The van der Waals surface area contributed by atoms with Crippen LogP contribution in [0.15, 0.2) is 30.3 Å². The predicted octanol–water partition coefficient (Wildman–Crippen LogP) is 3.43. The lowest BCUT2D eigenvalue weighted by atomic mass is 9.69. The summed E-state index contributed by atoms with van der Waals surface area (Å²) in [5.41, 5.74) is 0.698. The first-order chi connectivity index (χ1) is 10.1. The monoisotopic (exact) mass is 289 g/mol. The van der Waals surface area contributed by atoms with Crippen molar-refractivity contribution in [3.8, 4) is 0 Å². The molecule has 0 heterocycles. The molecule has 1 fully saturated rings. The summed E-state index contributed by atoms with van der Waals surface area (Å²) in [6.07, 6.45) is 5.25. The lowest BCUT2D eigenvalue weighted by Gasteiger charge is -2.35. The third-order valence-electron chi connectivity index (χ3n) is 4.31. The molecule has 0 aliphatic heterocycles. The molecule has 1 N–H and O–H groups in total. The highest BCUT2D eigenvalue weighted by atomic mass is 16.5. The van der Waals surface area contributed by atoms with Crippen molar-refractivity contribution in [2.45, 2.75) is 57.4 Å². The maximum absolute atomic E-state index is 12.7. The smallest absolute Gasteiger partial charge is 0.316 e. The molecule has 0 saturated heterocycles. The van der Waals surface area contributed by atoms with E-state index in [9.17, 15) is 4.79 Å². The molecule has 0 radical (unpaired) electrons. The number of carbonyl (C=O) groups is 1. The van der Waals surface area contributed by atoms with Crippen molar-refractivity contribution < 1.29 is 9.53 Å². The fourth-order valence-corrected chi connectivity index (χ4v) is 3.15. The Morgan fingerprint density at radius 2 is 1.86 bits per heavy atom. The summed E-state index contributed by atoms with van der Waals surface area (Å²) in [5.74, 6) is -0.0426. The van der Waals surface area contributed by atoms with E-state index in [4.69, 9.17) is 4.74 Å². The van der Waals surface area contributed by atoms with E-state index in [1.54, 1.807) is 0 Å². The number of rotatable bonds is 6. The Bertz CT molecular complexity index is 436. The Labute approximate surface area is 128 Å². The van der Waals surface area contributed by atoms with Crippen molar-refractivity contribution in [2.75, 3.05) is 13.2 Å². The van der Waals surface area contributed by atoms with Crippen LogP contribution in [0.5, 0.6) is 0 Å². The Balaban J connectivity index is 2.04. The van der Waals surface area contributed by atoms with Gasteiger partial charge < -0.3 is 10.1 Å². The molecular formula is C18H27NO2. The van der Waals surface area contributed by atoms with Gasteiger partial charge in [-0.25, -0.2) is 0 Å². The van der Waals surface area contributed by atoms with Gasteiger partial charge in [-0.1, -0.05) is 63.4 Å². The lowest BCUT2D eigenvalue weighted by molar-refractivity contribution is -0.152. The van der Waals surface area contributed by atoms with Crippen LogP contribution in [0.3, 0.4) is 0 Å². The van der Waals surface area contributed by atoms with E-state index >= 15 is 0 Å². The number of hydrogen-bond acceptors (Lipinski definition) is 3. The SMILES string of the molecule is CC(C)NCCOC(=O)C1(c2ccccc2)CCCCC1. The van der Waals surface area contributed by atoms with Crippen LogP contribution in [-0.2, 0) is 14.9 Å². The number of benzene rings is 1. The molecule has 3 nitrogen and oxygen atoms in total. The second-order valence-corrected chi connectivity index (χ2v) is 6.25. The summed E-state index contributed by atoms with van der Waals surface area (Å²) in [7, 11) is 0. The van der Waals surface area contributed by atoms with Gasteiger partial charge in [-0.05, 0) is 18.4 Å². The normalized spacial score (nSPS) is 17.7. The van der Waals surface area contributed by atoms with Crippen molar-refractivity contribution in [1.82, 2.24) is 5.32 Å². The highest BCUT2D eigenvalue weighted by molar-refractivity contribution is 5.83. The lowest BCUT2D eigenvalue weighted by Crippen LogP contribution is -2.40. The summed E-state index contributed by atoms with van der Waals surface area (Å²) < 4.78 is 5.59. The minimum atomic E-state index is -0.419. The number of carbonyl (C=O) groups excluding carboxylic acids is 1. The van der Waals surface area contributed by atoms with Gasteiger partial charge >= 0.3 is 5.97 Å². The Kier molecular flexibility index (Phi) is 5.80. The van der Waals surface area contributed by atoms with E-state index in [1.165, 1.54) is 6.42 Å². The quantitative estimate of drug-likeness (QED) is 0.644. The third kappa shape index (κ3) is 4.07. The molecule has 1 aliphatic carbocycles. The molecule has 0 bridgehead atoms. The van der Waals surface area contributed by atoms with Gasteiger partial charge in [0.05, 0.1) is 5.41 Å². The summed E-state index contributed by atoms with van der Waals surface area (Å²) in [4.78, 5) is 12.7. The first-order valence-electron chi connectivity index (χ1n) is 8.11. The van der Waals surface area contributed by atoms with Crippen LogP contribution in [0.25, 0.3) is 0 Å². The number of esters is 1. The maximum atomic E-state index is 12.7. The molecule has 0 unspecified atom stereocenters. The van der Waals surface area contributed by atoms with Gasteiger partial charge in [-0.15, -0.1) is 0 Å². The molecule has 0 spiro atoms. The van der Waals surface area contributed by atoms with E-state index in [0.717, 1.165) is 31.2 Å². The summed E-state index contributed by atoms with van der Waals surface area (Å²) >= 11 is 0. The minimum Gasteiger partial charge on any atom is -0.464 e. The van der Waals surface area contributed by atoms with Crippen LogP contribution in [0.1, 0.15) is 51.5 Å². The molecule has 21 heavy (non-hydrogen) atoms. The molecule has 1 saturated carbocycles. The first-order valence-corrected chi connectivity index (χ1v) is 8.11. The first kappa shape index (κ1) is 16.0. The molecular weight excluding hydrogens is 262 g/mol. The molecule has 116 valence electrons. The molecule has 0 aromatic heterocycles. The standard InChI is InChI=1S/C18H27NO2/c1-15(2)19-13-14-21-17(20)18(11-7-4-8-12-18)16-9-5-3-6-10-16/h3,5-6,9-10,15,19H,4,7-8,11-14H2,1-2H3. The molecule has 2 rings (SSSR count). The van der Waals surface area contributed by atoms with Gasteiger partial charge in [0.15, 0.2) is 0 Å². The summed E-state index contributed by atoms with van der Waals surface area (Å²) in [6, 6.07) is 10.6. The zero-order valence-corrected chi connectivity index (χ0v) is 13.2. The third-order valence-corrected chi connectivity index (χ3v) is 4.31. The van der Waals surface area contributed by atoms with Crippen molar-refractivity contribution in [2.24, 2.45) is 0 Å². The van der Waals surface area contributed by atoms with Crippen LogP contribution in [-0.4, -0.2) is 25.2 Å². The Morgan fingerprint density at radius 3 is 2.48 bits per heavy atom. The second-order valence-electron chi connectivity index (χ2n) is 6.25. The molecule has 3 heteroatoms. The van der Waals surface area contributed by atoms with E-state index in [0.29, 0.717) is 19.2 Å². The number of hydrogen-bond donors (Lipinski definition) is 1. The maximum Gasteiger partial charge on any atom is 0.316 e. The molecule has 1 aromatic rings. The van der Waals surface area contributed by atoms with Gasteiger partial charge in [-0.2, -0.15) is 0 Å². The van der Waals surface area contributed by atoms with Crippen molar-refractivity contribution in [3.63, 3.8) is 0 Å². The predicted molar refractivity (Wildman–Crippen MR) is 85.3 cm³/mol. The van der Waals surface area contributed by atoms with E-state index in [2.05, 4.69) is 31.3 Å². The van der Waals surface area contributed by atoms with Crippen LogP contribution in [0.4, 0.5) is 0 Å². The minimum absolute atomic E-state index is 0.0426. The van der Waals surface area contributed by atoms with Crippen LogP contribution in [0.2, 0.25) is 0 Å². The largest absolute Gasteiger partial charge is 0.464 e. The zero-order chi connectivity index (χ0) is 15.1. The summed E-state index contributed by atoms with van der Waals surface area (Å²) in [6.45, 7) is 5.35. The van der Waals surface area contributed by atoms with Gasteiger partial charge in [-0.3, -0.25) is 4.79 Å². The zero-order valence-electron chi connectivity index (χ0n) is 13.2. The van der Waals surface area contributed by atoms with E-state index in [-0.39, 0.29) is 5.97 Å². The number of nitrogens with one attached hydrogen (secondary N) is 1. The Hall–Kier alpha value is -1.35. The molecule has 0 amide bonds. The highest BCUT2D eigenvalue weighted by Crippen LogP contribution is 2.40. The average molecular weight is 289 g/mol. The van der Waals surface area contributed by atoms with Crippen LogP contribution < -0.4 is 5.32 Å². The number of ether oxygens (including phenoxy) is 1. The van der Waals surface area contributed by atoms with E-state index < -0.39 is 5.41 Å². The topological polar surface area (TPSA) is 38.3 Å². The molecule has 0 atom stereocenters. The van der Waals surface area contributed by atoms with Crippen LogP contribution >= 0.6 is 0 Å². The summed E-state index contributed by atoms with van der Waals surface area (Å²) in [5, 5.41) is 3.28. The fourth-order valence-electron chi connectivity index (χ4n) is 3.15. The van der Waals surface area contributed by atoms with Gasteiger partial charge in [0, 0.05) is 12.6 Å². The molecule has 1 aromatic carbocycles. The van der Waals surface area contributed by atoms with Gasteiger partial charge in [0.25, 0.3) is 0 Å². The second kappa shape index (κ2) is 7.60. The highest BCUT2D eigenvalue weighted by Gasteiger charge is 2.42. The van der Waals surface area contributed by atoms with Crippen LogP contribution in [0, 0.1) is 0 Å². The van der Waals surface area contributed by atoms with Crippen molar-refractivity contribution in [1.29, 1.82) is 0 Å². The Morgan fingerprint density at radius 1 is 1.19 bits per heavy atom. The van der Waals surface area contributed by atoms with Crippen molar-refractivity contribution in [3.05, 3.63) is 35.9 Å². The van der Waals surface area contributed by atoms with Crippen molar-refractivity contribution >= 4 is 5.97 Å². The van der Waals surface area contributed by atoms with Gasteiger partial charge in [0.1, 0.15) is 6.61 Å². The van der Waals surface area contributed by atoms with Gasteiger partial charge in [0.2, 0.25) is 0 Å². The average Bonchev–Trinajstić information content (AvgIpc) is 2.52.